The molecular weight excluding hydrogens is 242 g/mol. The quantitative estimate of drug-likeness (QED) is 0.678. The summed E-state index contributed by atoms with van der Waals surface area (Å²) in [5.74, 6) is 0. The lowest BCUT2D eigenvalue weighted by Crippen LogP contribution is -2.39. The van der Waals surface area contributed by atoms with E-state index in [2.05, 4.69) is 15.3 Å². The van der Waals surface area contributed by atoms with Crippen molar-refractivity contribution in [3.05, 3.63) is 42.0 Å². The number of anilines is 2. The van der Waals surface area contributed by atoms with Crippen LogP contribution in [0.1, 0.15) is 11.4 Å². The smallest absolute Gasteiger partial charge is 0.322 e. The number of aromatic amines is 1. The summed E-state index contributed by atoms with van der Waals surface area (Å²) in [6.07, 6.45) is 2.44. The van der Waals surface area contributed by atoms with Crippen molar-refractivity contribution in [3.63, 3.8) is 0 Å². The molecule has 1 aliphatic rings. The van der Waals surface area contributed by atoms with Gasteiger partial charge in [-0.3, -0.25) is 0 Å². The average molecular weight is 257 g/mol. The molecule has 0 radical (unpaired) electrons. The zero-order valence-corrected chi connectivity index (χ0v) is 10.4. The number of fused-ring (bicyclic) bond motifs is 1. The summed E-state index contributed by atoms with van der Waals surface area (Å²) in [5.41, 5.74) is 9.06. The molecule has 98 valence electrons. The maximum absolute atomic E-state index is 12.2. The Morgan fingerprint density at radius 3 is 3.11 bits per heavy atom. The lowest BCUT2D eigenvalue weighted by molar-refractivity contribution is 0.205. The van der Waals surface area contributed by atoms with Crippen LogP contribution < -0.4 is 11.1 Å². The van der Waals surface area contributed by atoms with Gasteiger partial charge in [0.1, 0.15) is 0 Å². The standard InChI is InChI=1S/C13H15N5O/c14-9-3-1-2-4-10(9)17-13(19)18-6-5-11-12(7-18)16-8-15-11/h1-4,8H,5-7,14H2,(H,15,16)(H,17,19). The first-order chi connectivity index (χ1) is 9.24. The van der Waals surface area contributed by atoms with Gasteiger partial charge in [0.25, 0.3) is 0 Å². The number of nitrogens with zero attached hydrogens (tertiary/aromatic N) is 2. The number of H-pyrrole nitrogens is 1. The van der Waals surface area contributed by atoms with Gasteiger partial charge in [0.05, 0.1) is 35.6 Å². The van der Waals surface area contributed by atoms with Crippen LogP contribution in [0.5, 0.6) is 0 Å². The van der Waals surface area contributed by atoms with Gasteiger partial charge in [-0.25, -0.2) is 9.78 Å². The van der Waals surface area contributed by atoms with Gasteiger partial charge < -0.3 is 20.9 Å². The number of nitrogens with one attached hydrogen (secondary N) is 2. The first kappa shape index (κ1) is 11.6. The average Bonchev–Trinajstić information content (AvgIpc) is 2.88. The highest BCUT2D eigenvalue weighted by molar-refractivity contribution is 5.92. The van der Waals surface area contributed by atoms with E-state index in [4.69, 9.17) is 5.73 Å². The maximum Gasteiger partial charge on any atom is 0.322 e. The van der Waals surface area contributed by atoms with Crippen LogP contribution in [-0.4, -0.2) is 27.4 Å². The number of para-hydroxylation sites is 2. The van der Waals surface area contributed by atoms with E-state index in [1.807, 2.05) is 12.1 Å². The van der Waals surface area contributed by atoms with Crippen LogP contribution in [0.15, 0.2) is 30.6 Å². The summed E-state index contributed by atoms with van der Waals surface area (Å²) in [6.45, 7) is 1.21. The molecule has 2 aromatic rings. The van der Waals surface area contributed by atoms with E-state index in [-0.39, 0.29) is 6.03 Å². The van der Waals surface area contributed by atoms with E-state index in [0.29, 0.717) is 24.5 Å². The number of aromatic nitrogens is 2. The largest absolute Gasteiger partial charge is 0.397 e. The Morgan fingerprint density at radius 2 is 2.26 bits per heavy atom. The molecule has 0 saturated heterocycles. The van der Waals surface area contributed by atoms with Crippen LogP contribution in [-0.2, 0) is 13.0 Å². The number of imidazole rings is 1. The highest BCUT2D eigenvalue weighted by Crippen LogP contribution is 2.19. The summed E-state index contributed by atoms with van der Waals surface area (Å²) in [4.78, 5) is 21.2. The molecule has 6 nitrogen and oxygen atoms in total. The molecule has 0 spiro atoms. The topological polar surface area (TPSA) is 87.0 Å². The fourth-order valence-electron chi connectivity index (χ4n) is 2.19. The van der Waals surface area contributed by atoms with Crippen molar-refractivity contribution in [1.82, 2.24) is 14.9 Å². The van der Waals surface area contributed by atoms with Crippen molar-refractivity contribution in [2.75, 3.05) is 17.6 Å². The summed E-state index contributed by atoms with van der Waals surface area (Å²) in [5, 5.41) is 2.83. The first-order valence-electron chi connectivity index (χ1n) is 6.15. The number of benzene rings is 1. The Balaban J connectivity index is 1.71. The highest BCUT2D eigenvalue weighted by Gasteiger charge is 2.22. The van der Waals surface area contributed by atoms with E-state index in [9.17, 15) is 4.79 Å². The Labute approximate surface area is 110 Å². The van der Waals surface area contributed by atoms with Gasteiger partial charge >= 0.3 is 6.03 Å². The first-order valence-corrected chi connectivity index (χ1v) is 6.15. The maximum atomic E-state index is 12.2. The zero-order valence-electron chi connectivity index (χ0n) is 10.4. The van der Waals surface area contributed by atoms with Crippen molar-refractivity contribution in [2.24, 2.45) is 0 Å². The fourth-order valence-corrected chi connectivity index (χ4v) is 2.19. The molecule has 1 aliphatic heterocycles. The molecule has 0 aliphatic carbocycles. The Kier molecular flexibility index (Phi) is 2.83. The number of amides is 2. The molecule has 19 heavy (non-hydrogen) atoms. The summed E-state index contributed by atoms with van der Waals surface area (Å²) in [7, 11) is 0. The van der Waals surface area contributed by atoms with E-state index < -0.39 is 0 Å². The van der Waals surface area contributed by atoms with Gasteiger partial charge in [-0.15, -0.1) is 0 Å². The van der Waals surface area contributed by atoms with Crippen LogP contribution in [0.3, 0.4) is 0 Å². The molecule has 4 N–H and O–H groups in total. The molecule has 1 aromatic carbocycles. The van der Waals surface area contributed by atoms with Crippen molar-refractivity contribution in [1.29, 1.82) is 0 Å². The predicted octanol–water partition coefficient (Wildman–Crippen LogP) is 1.58. The van der Waals surface area contributed by atoms with Crippen molar-refractivity contribution in [3.8, 4) is 0 Å². The molecule has 0 bridgehead atoms. The van der Waals surface area contributed by atoms with Gasteiger partial charge in [0.2, 0.25) is 0 Å². The van der Waals surface area contributed by atoms with Crippen LogP contribution in [0.4, 0.5) is 16.2 Å². The van der Waals surface area contributed by atoms with E-state index in [1.54, 1.807) is 23.4 Å². The minimum Gasteiger partial charge on any atom is -0.397 e. The second-order valence-electron chi connectivity index (χ2n) is 4.52. The van der Waals surface area contributed by atoms with E-state index in [0.717, 1.165) is 17.8 Å². The van der Waals surface area contributed by atoms with Crippen LogP contribution >= 0.6 is 0 Å². The van der Waals surface area contributed by atoms with Crippen LogP contribution in [0, 0.1) is 0 Å². The highest BCUT2D eigenvalue weighted by atomic mass is 16.2. The molecule has 0 atom stereocenters. The molecule has 2 heterocycles. The Morgan fingerprint density at radius 1 is 1.42 bits per heavy atom. The van der Waals surface area contributed by atoms with E-state index in [1.165, 1.54) is 0 Å². The van der Waals surface area contributed by atoms with Gasteiger partial charge in [-0.1, -0.05) is 12.1 Å². The summed E-state index contributed by atoms with van der Waals surface area (Å²) in [6, 6.07) is 7.09. The molecular formula is C13H15N5O. The third-order valence-corrected chi connectivity index (χ3v) is 3.26. The molecule has 0 fully saturated rings. The number of nitrogen functional groups attached to an aromatic ring is 1. The molecule has 3 rings (SSSR count). The van der Waals surface area contributed by atoms with Crippen molar-refractivity contribution >= 4 is 17.4 Å². The number of rotatable bonds is 1. The van der Waals surface area contributed by atoms with E-state index >= 15 is 0 Å². The van der Waals surface area contributed by atoms with Crippen LogP contribution in [0.2, 0.25) is 0 Å². The molecule has 0 unspecified atom stereocenters. The molecule has 0 saturated carbocycles. The number of carbonyl (C=O) groups is 1. The van der Waals surface area contributed by atoms with Crippen molar-refractivity contribution < 1.29 is 4.79 Å². The number of nitrogens with two attached hydrogens (primary N) is 1. The summed E-state index contributed by atoms with van der Waals surface area (Å²) < 4.78 is 0. The molecule has 1 aromatic heterocycles. The third kappa shape index (κ3) is 2.24. The van der Waals surface area contributed by atoms with Gasteiger partial charge in [-0.2, -0.15) is 0 Å². The van der Waals surface area contributed by atoms with Gasteiger partial charge in [-0.05, 0) is 12.1 Å². The fraction of sp³-hybridized carbons (Fsp3) is 0.231. The summed E-state index contributed by atoms with van der Waals surface area (Å²) >= 11 is 0. The predicted molar refractivity (Wildman–Crippen MR) is 72.6 cm³/mol. The van der Waals surface area contributed by atoms with Gasteiger partial charge in [0, 0.05) is 13.0 Å². The number of hydrogen-bond acceptors (Lipinski definition) is 3. The monoisotopic (exact) mass is 257 g/mol. The molecule has 6 heteroatoms. The SMILES string of the molecule is Nc1ccccc1NC(=O)N1CCc2nc[nH]c2C1. The third-order valence-electron chi connectivity index (χ3n) is 3.26. The normalized spacial score (nSPS) is 14.0. The lowest BCUT2D eigenvalue weighted by Gasteiger charge is -2.26. The minimum atomic E-state index is -0.141. The second-order valence-corrected chi connectivity index (χ2v) is 4.52. The second kappa shape index (κ2) is 4.64. The lowest BCUT2D eigenvalue weighted by atomic mass is 10.1. The zero-order chi connectivity index (χ0) is 13.2. The number of hydrogen-bond donors (Lipinski definition) is 3. The Bertz CT molecular complexity index is 607. The number of carbonyl (C=O) groups excluding carboxylic acids is 1. The minimum absolute atomic E-state index is 0.141. The van der Waals surface area contributed by atoms with Crippen molar-refractivity contribution in [2.45, 2.75) is 13.0 Å². The number of urea groups is 1. The molecule has 2 amide bonds. The Hall–Kier alpha value is -2.50. The van der Waals surface area contributed by atoms with Gasteiger partial charge in [0.15, 0.2) is 0 Å². The van der Waals surface area contributed by atoms with Crippen LogP contribution in [0.25, 0.3) is 0 Å².